The predicted molar refractivity (Wildman–Crippen MR) is 41.5 cm³/mol. The van der Waals surface area contributed by atoms with Gasteiger partial charge in [-0.3, -0.25) is 0 Å². The molecule has 0 aliphatic carbocycles. The van der Waals surface area contributed by atoms with Gasteiger partial charge in [-0.1, -0.05) is 0 Å². The molecule has 1 aromatic rings. The molecule has 62 valence electrons. The Morgan fingerprint density at radius 3 is 2.92 bits per heavy atom. The van der Waals surface area contributed by atoms with Crippen LogP contribution in [0.25, 0.3) is 0 Å². The first-order chi connectivity index (χ1) is 5.86. The zero-order chi connectivity index (χ0) is 8.81. The van der Waals surface area contributed by atoms with Crippen LogP contribution in [0.5, 0.6) is 5.75 Å². The van der Waals surface area contributed by atoms with Crippen molar-refractivity contribution in [3.05, 3.63) is 24.0 Å². The molecule has 1 aromatic heterocycles. The molecule has 0 radical (unpaired) electrons. The van der Waals surface area contributed by atoms with E-state index in [4.69, 9.17) is 10.00 Å². The van der Waals surface area contributed by atoms with Crippen LogP contribution in [0.3, 0.4) is 0 Å². The van der Waals surface area contributed by atoms with Gasteiger partial charge in [0.15, 0.2) is 6.79 Å². The van der Waals surface area contributed by atoms with Crippen LogP contribution in [-0.2, 0) is 4.74 Å². The third-order valence-electron chi connectivity index (χ3n) is 1.19. The summed E-state index contributed by atoms with van der Waals surface area (Å²) in [4.78, 5) is 3.81. The molecule has 0 amide bonds. The minimum atomic E-state index is 0.188. The zero-order valence-electron chi connectivity index (χ0n) is 6.65. The minimum absolute atomic E-state index is 0.188. The van der Waals surface area contributed by atoms with Crippen LogP contribution in [0.4, 0.5) is 0 Å². The number of ether oxygens (including phenoxy) is 2. The predicted octanol–water partition coefficient (Wildman–Crippen LogP) is 0.936. The van der Waals surface area contributed by atoms with E-state index in [9.17, 15) is 0 Å². The summed E-state index contributed by atoms with van der Waals surface area (Å²) in [6.45, 7) is 0.188. The molecule has 0 bridgehead atoms. The summed E-state index contributed by atoms with van der Waals surface area (Å²) < 4.78 is 9.75. The van der Waals surface area contributed by atoms with E-state index in [0.717, 1.165) is 0 Å². The number of rotatable bonds is 3. The van der Waals surface area contributed by atoms with Crippen molar-refractivity contribution < 1.29 is 9.47 Å². The van der Waals surface area contributed by atoms with E-state index in [1.807, 2.05) is 6.07 Å². The quantitative estimate of drug-likeness (QED) is 0.624. The summed E-state index contributed by atoms with van der Waals surface area (Å²) in [6, 6.07) is 5.17. The highest BCUT2D eigenvalue weighted by Gasteiger charge is 1.93. The van der Waals surface area contributed by atoms with Gasteiger partial charge in [-0.25, -0.2) is 4.98 Å². The van der Waals surface area contributed by atoms with E-state index in [0.29, 0.717) is 11.4 Å². The Labute approximate surface area is 70.4 Å². The highest BCUT2D eigenvalue weighted by atomic mass is 16.7. The molecule has 4 heteroatoms. The summed E-state index contributed by atoms with van der Waals surface area (Å²) in [5.74, 6) is 0.593. The van der Waals surface area contributed by atoms with Crippen LogP contribution >= 0.6 is 0 Å². The molecular weight excluding hydrogens is 156 g/mol. The second kappa shape index (κ2) is 4.31. The largest absolute Gasteiger partial charge is 0.466 e. The van der Waals surface area contributed by atoms with Crippen molar-refractivity contribution in [1.82, 2.24) is 4.98 Å². The average molecular weight is 164 g/mol. The number of aromatic nitrogens is 1. The van der Waals surface area contributed by atoms with Gasteiger partial charge in [-0.05, 0) is 12.1 Å². The number of nitriles is 1. The zero-order valence-corrected chi connectivity index (χ0v) is 6.65. The van der Waals surface area contributed by atoms with Crippen molar-refractivity contribution in [2.75, 3.05) is 13.9 Å². The average Bonchev–Trinajstić information content (AvgIpc) is 2.15. The molecule has 0 saturated carbocycles. The normalized spacial score (nSPS) is 9.00. The number of pyridine rings is 1. The second-order valence-corrected chi connectivity index (χ2v) is 2.04. The van der Waals surface area contributed by atoms with Crippen LogP contribution in [0.1, 0.15) is 5.69 Å². The summed E-state index contributed by atoms with van der Waals surface area (Å²) in [7, 11) is 1.54. The van der Waals surface area contributed by atoms with Crippen molar-refractivity contribution in [3.8, 4) is 11.8 Å². The van der Waals surface area contributed by atoms with Crippen molar-refractivity contribution in [2.45, 2.75) is 0 Å². The molecule has 0 aromatic carbocycles. The highest BCUT2D eigenvalue weighted by Crippen LogP contribution is 2.07. The van der Waals surface area contributed by atoms with Crippen LogP contribution in [0.15, 0.2) is 18.3 Å². The Bertz CT molecular complexity index is 276. The molecule has 4 nitrogen and oxygen atoms in total. The van der Waals surface area contributed by atoms with Crippen molar-refractivity contribution in [2.24, 2.45) is 0 Å². The maximum Gasteiger partial charge on any atom is 0.188 e. The second-order valence-electron chi connectivity index (χ2n) is 2.04. The van der Waals surface area contributed by atoms with Gasteiger partial charge < -0.3 is 9.47 Å². The summed E-state index contributed by atoms with van der Waals surface area (Å²) in [5.41, 5.74) is 0.375. The molecule has 0 N–H and O–H groups in total. The van der Waals surface area contributed by atoms with Gasteiger partial charge >= 0.3 is 0 Å². The molecule has 0 unspecified atom stereocenters. The molecule has 0 saturated heterocycles. The lowest BCUT2D eigenvalue weighted by atomic mass is 10.4. The van der Waals surface area contributed by atoms with E-state index in [-0.39, 0.29) is 6.79 Å². The number of methoxy groups -OCH3 is 1. The number of hydrogen-bond acceptors (Lipinski definition) is 4. The SMILES string of the molecule is COCOc1ccc(C#N)nc1. The molecule has 12 heavy (non-hydrogen) atoms. The topological polar surface area (TPSA) is 55.1 Å². The molecule has 0 atom stereocenters. The molecule has 0 fully saturated rings. The molecule has 0 aliphatic rings. The van der Waals surface area contributed by atoms with Gasteiger partial charge in [0.05, 0.1) is 6.20 Å². The van der Waals surface area contributed by atoms with Gasteiger partial charge in [0.25, 0.3) is 0 Å². The fourth-order valence-electron chi connectivity index (χ4n) is 0.659. The van der Waals surface area contributed by atoms with Crippen molar-refractivity contribution in [3.63, 3.8) is 0 Å². The molecule has 1 heterocycles. The number of hydrogen-bond donors (Lipinski definition) is 0. The first-order valence-corrected chi connectivity index (χ1v) is 3.34. The van der Waals surface area contributed by atoms with Crippen LogP contribution in [-0.4, -0.2) is 18.9 Å². The van der Waals surface area contributed by atoms with Gasteiger partial charge in [-0.15, -0.1) is 0 Å². The fourth-order valence-corrected chi connectivity index (χ4v) is 0.659. The fraction of sp³-hybridized carbons (Fsp3) is 0.250. The van der Waals surface area contributed by atoms with E-state index in [1.165, 1.54) is 13.3 Å². The molecule has 0 aliphatic heterocycles. The lowest BCUT2D eigenvalue weighted by molar-refractivity contribution is 0.0508. The maximum atomic E-state index is 8.43. The maximum absolute atomic E-state index is 8.43. The first-order valence-electron chi connectivity index (χ1n) is 3.34. The van der Waals surface area contributed by atoms with Crippen LogP contribution in [0.2, 0.25) is 0 Å². The van der Waals surface area contributed by atoms with E-state index < -0.39 is 0 Å². The Kier molecular flexibility index (Phi) is 3.05. The van der Waals surface area contributed by atoms with Crippen molar-refractivity contribution in [1.29, 1.82) is 5.26 Å². The van der Waals surface area contributed by atoms with Gasteiger partial charge in [-0.2, -0.15) is 5.26 Å². The Hall–Kier alpha value is -1.60. The van der Waals surface area contributed by atoms with Gasteiger partial charge in [0, 0.05) is 7.11 Å². The lowest BCUT2D eigenvalue weighted by Gasteiger charge is -2.02. The molecule has 1 rings (SSSR count). The Morgan fingerprint density at radius 1 is 1.58 bits per heavy atom. The Morgan fingerprint density at radius 2 is 2.42 bits per heavy atom. The summed E-state index contributed by atoms with van der Waals surface area (Å²) in [6.07, 6.45) is 1.48. The number of nitrogens with zero attached hydrogens (tertiary/aromatic N) is 2. The summed E-state index contributed by atoms with van der Waals surface area (Å²) in [5, 5.41) is 8.43. The molecule has 0 spiro atoms. The van der Waals surface area contributed by atoms with Gasteiger partial charge in [0.1, 0.15) is 17.5 Å². The monoisotopic (exact) mass is 164 g/mol. The van der Waals surface area contributed by atoms with E-state index in [2.05, 4.69) is 9.72 Å². The Balaban J connectivity index is 2.60. The first kappa shape index (κ1) is 8.50. The smallest absolute Gasteiger partial charge is 0.188 e. The van der Waals surface area contributed by atoms with Crippen LogP contribution < -0.4 is 4.74 Å². The molecular formula is C8H8N2O2. The van der Waals surface area contributed by atoms with E-state index in [1.54, 1.807) is 12.1 Å². The third-order valence-corrected chi connectivity index (χ3v) is 1.19. The highest BCUT2D eigenvalue weighted by molar-refractivity contribution is 5.26. The lowest BCUT2D eigenvalue weighted by Crippen LogP contribution is -1.99. The summed E-state index contributed by atoms with van der Waals surface area (Å²) >= 11 is 0. The van der Waals surface area contributed by atoms with Crippen molar-refractivity contribution >= 4 is 0 Å². The third kappa shape index (κ3) is 2.22. The standard InChI is InChI=1S/C8H8N2O2/c1-11-6-12-8-3-2-7(4-9)10-5-8/h2-3,5H,6H2,1H3. The minimum Gasteiger partial charge on any atom is -0.466 e. The van der Waals surface area contributed by atoms with Gasteiger partial charge in [0.2, 0.25) is 0 Å². The van der Waals surface area contributed by atoms with Crippen LogP contribution in [0, 0.1) is 11.3 Å². The van der Waals surface area contributed by atoms with E-state index >= 15 is 0 Å².